The Morgan fingerprint density at radius 1 is 1.07 bits per heavy atom. The minimum absolute atomic E-state index is 0.0154. The Hall–Kier alpha value is -3.55. The first kappa shape index (κ1) is 20.8. The lowest BCUT2D eigenvalue weighted by molar-refractivity contribution is -0.385. The van der Waals surface area contributed by atoms with Gasteiger partial charge in [0.15, 0.2) is 0 Å². The molecule has 2 N–H and O–H groups in total. The van der Waals surface area contributed by atoms with Crippen molar-refractivity contribution in [3.8, 4) is 0 Å². The molecule has 2 rings (SSSR count). The zero-order chi connectivity index (χ0) is 20.7. The van der Waals surface area contributed by atoms with Gasteiger partial charge in [0.25, 0.3) is 5.69 Å². The maximum absolute atomic E-state index is 12.0. The number of aryl methyl sites for hydroxylation is 2. The normalized spacial score (nSPS) is 10.7. The Labute approximate surface area is 162 Å². The second-order valence-electron chi connectivity index (χ2n) is 6.39. The van der Waals surface area contributed by atoms with E-state index in [1.54, 1.807) is 19.1 Å². The molecule has 0 aliphatic carbocycles. The van der Waals surface area contributed by atoms with Crippen molar-refractivity contribution in [3.63, 3.8) is 0 Å². The van der Waals surface area contributed by atoms with Crippen molar-refractivity contribution in [2.75, 3.05) is 5.32 Å². The highest BCUT2D eigenvalue weighted by molar-refractivity contribution is 5.94. The van der Waals surface area contributed by atoms with E-state index in [4.69, 9.17) is 0 Å². The number of nitro benzene ring substituents is 1. The first-order valence-corrected chi connectivity index (χ1v) is 8.71. The maximum Gasteiger partial charge on any atom is 0.272 e. The summed E-state index contributed by atoms with van der Waals surface area (Å²) in [7, 11) is 0. The zero-order valence-corrected chi connectivity index (χ0v) is 16.0. The zero-order valence-electron chi connectivity index (χ0n) is 16.0. The van der Waals surface area contributed by atoms with E-state index >= 15 is 0 Å². The van der Waals surface area contributed by atoms with Gasteiger partial charge in [-0.1, -0.05) is 24.3 Å². The van der Waals surface area contributed by atoms with Crippen LogP contribution in [0.5, 0.6) is 0 Å². The van der Waals surface area contributed by atoms with Crippen LogP contribution in [-0.4, -0.2) is 23.0 Å². The highest BCUT2D eigenvalue weighted by atomic mass is 16.6. The van der Waals surface area contributed by atoms with E-state index < -0.39 is 10.8 Å². The van der Waals surface area contributed by atoms with Gasteiger partial charge in [-0.15, -0.1) is 0 Å². The van der Waals surface area contributed by atoms with Crippen LogP contribution >= 0.6 is 0 Å². The Balaban J connectivity index is 1.83. The minimum Gasteiger partial charge on any atom is -0.326 e. The molecule has 8 heteroatoms. The molecule has 0 spiro atoms. The van der Waals surface area contributed by atoms with Crippen LogP contribution < -0.4 is 10.7 Å². The van der Waals surface area contributed by atoms with E-state index in [0.29, 0.717) is 11.1 Å². The summed E-state index contributed by atoms with van der Waals surface area (Å²) in [5.41, 5.74) is 6.11. The first-order valence-electron chi connectivity index (χ1n) is 8.71. The number of amides is 2. The van der Waals surface area contributed by atoms with Gasteiger partial charge in [-0.05, 0) is 38.0 Å². The number of benzene rings is 2. The van der Waals surface area contributed by atoms with Crippen LogP contribution in [0.2, 0.25) is 0 Å². The molecule has 146 valence electrons. The average Bonchev–Trinajstić information content (AvgIpc) is 2.65. The molecule has 28 heavy (non-hydrogen) atoms. The average molecular weight is 382 g/mol. The second-order valence-corrected chi connectivity index (χ2v) is 6.39. The summed E-state index contributed by atoms with van der Waals surface area (Å²) < 4.78 is 0. The fourth-order valence-electron chi connectivity index (χ4n) is 2.46. The number of rotatable bonds is 7. The standard InChI is InChI=1S/C20H22N4O4/c1-13-5-4-6-17(15(13)3)22-19(25)9-10-20(26)23-21-12-16-8-7-14(2)18(11-16)24(27)28/h4-8,11-12H,9-10H2,1-3H3,(H,22,25)(H,23,26). The second kappa shape index (κ2) is 9.40. The first-order chi connectivity index (χ1) is 13.3. The summed E-state index contributed by atoms with van der Waals surface area (Å²) in [4.78, 5) is 34.3. The van der Waals surface area contributed by atoms with Crippen molar-refractivity contribution in [3.05, 3.63) is 68.8 Å². The van der Waals surface area contributed by atoms with Crippen LogP contribution in [0.15, 0.2) is 41.5 Å². The topological polar surface area (TPSA) is 114 Å². The molecule has 2 amide bonds. The van der Waals surface area contributed by atoms with Crippen molar-refractivity contribution in [2.24, 2.45) is 5.10 Å². The summed E-state index contributed by atoms with van der Waals surface area (Å²) in [5.74, 6) is -0.684. The van der Waals surface area contributed by atoms with Crippen LogP contribution in [0.1, 0.15) is 35.1 Å². The number of carbonyl (C=O) groups excluding carboxylic acids is 2. The van der Waals surface area contributed by atoms with Crippen molar-refractivity contribution in [1.82, 2.24) is 5.43 Å². The number of hydrazone groups is 1. The molecule has 0 saturated heterocycles. The van der Waals surface area contributed by atoms with Gasteiger partial charge in [-0.25, -0.2) is 5.43 Å². The lowest BCUT2D eigenvalue weighted by Gasteiger charge is -2.10. The van der Waals surface area contributed by atoms with Crippen molar-refractivity contribution in [1.29, 1.82) is 0 Å². The molecule has 0 unspecified atom stereocenters. The molecule has 0 fully saturated rings. The number of nitrogens with one attached hydrogen (secondary N) is 2. The molecule has 2 aromatic carbocycles. The number of carbonyl (C=O) groups is 2. The van der Waals surface area contributed by atoms with Gasteiger partial charge in [-0.3, -0.25) is 19.7 Å². The summed E-state index contributed by atoms with van der Waals surface area (Å²) in [6.07, 6.45) is 1.31. The highest BCUT2D eigenvalue weighted by Gasteiger charge is 2.11. The fraction of sp³-hybridized carbons (Fsp3) is 0.250. The van der Waals surface area contributed by atoms with Crippen LogP contribution in [-0.2, 0) is 9.59 Å². The summed E-state index contributed by atoms with van der Waals surface area (Å²) in [6, 6.07) is 10.3. The van der Waals surface area contributed by atoms with Gasteiger partial charge in [-0.2, -0.15) is 5.10 Å². The third kappa shape index (κ3) is 5.73. The van der Waals surface area contributed by atoms with Gasteiger partial charge in [0.2, 0.25) is 11.8 Å². The van der Waals surface area contributed by atoms with Crippen LogP contribution in [0.3, 0.4) is 0 Å². The fourth-order valence-corrected chi connectivity index (χ4v) is 2.46. The molecule has 0 bridgehead atoms. The van der Waals surface area contributed by atoms with E-state index in [1.165, 1.54) is 12.3 Å². The quantitative estimate of drug-likeness (QED) is 0.434. The van der Waals surface area contributed by atoms with E-state index in [0.717, 1.165) is 16.8 Å². The number of nitro groups is 1. The number of anilines is 1. The van der Waals surface area contributed by atoms with Crippen LogP contribution in [0, 0.1) is 30.9 Å². The van der Waals surface area contributed by atoms with E-state index in [2.05, 4.69) is 15.8 Å². The molecule has 0 atom stereocenters. The van der Waals surface area contributed by atoms with Crippen molar-refractivity contribution in [2.45, 2.75) is 33.6 Å². The molecule has 0 radical (unpaired) electrons. The Bertz CT molecular complexity index is 938. The molecule has 8 nitrogen and oxygen atoms in total. The Morgan fingerprint density at radius 2 is 1.79 bits per heavy atom. The van der Waals surface area contributed by atoms with Gasteiger partial charge in [0, 0.05) is 35.7 Å². The smallest absolute Gasteiger partial charge is 0.272 e. The van der Waals surface area contributed by atoms with Gasteiger partial charge in [0.05, 0.1) is 11.1 Å². The predicted molar refractivity (Wildman–Crippen MR) is 107 cm³/mol. The lowest BCUT2D eigenvalue weighted by Crippen LogP contribution is -2.21. The third-order valence-electron chi connectivity index (χ3n) is 4.29. The number of nitrogens with zero attached hydrogens (tertiary/aromatic N) is 2. The van der Waals surface area contributed by atoms with Gasteiger partial charge in [0.1, 0.15) is 0 Å². The molecule has 0 heterocycles. The summed E-state index contributed by atoms with van der Waals surface area (Å²) in [6.45, 7) is 5.52. The van der Waals surface area contributed by atoms with E-state index in [9.17, 15) is 19.7 Å². The SMILES string of the molecule is Cc1ccc(C=NNC(=O)CCC(=O)Nc2cccc(C)c2C)cc1[N+](=O)[O-]. The molecule has 0 saturated carbocycles. The van der Waals surface area contributed by atoms with Crippen molar-refractivity contribution >= 4 is 29.4 Å². The monoisotopic (exact) mass is 382 g/mol. The lowest BCUT2D eigenvalue weighted by atomic mass is 10.1. The summed E-state index contributed by atoms with van der Waals surface area (Å²) in [5, 5.41) is 17.5. The summed E-state index contributed by atoms with van der Waals surface area (Å²) >= 11 is 0. The molecule has 2 aromatic rings. The molecular formula is C20H22N4O4. The minimum atomic E-state index is -0.472. The molecule has 0 aliphatic heterocycles. The largest absolute Gasteiger partial charge is 0.326 e. The number of hydrogen-bond acceptors (Lipinski definition) is 5. The maximum atomic E-state index is 12.0. The molecule has 0 aromatic heterocycles. The van der Waals surface area contributed by atoms with Gasteiger partial charge >= 0.3 is 0 Å². The van der Waals surface area contributed by atoms with Gasteiger partial charge < -0.3 is 5.32 Å². The highest BCUT2D eigenvalue weighted by Crippen LogP contribution is 2.19. The van der Waals surface area contributed by atoms with Crippen molar-refractivity contribution < 1.29 is 14.5 Å². The van der Waals surface area contributed by atoms with Crippen LogP contribution in [0.25, 0.3) is 0 Å². The van der Waals surface area contributed by atoms with E-state index in [-0.39, 0.29) is 24.4 Å². The molecule has 0 aliphatic rings. The predicted octanol–water partition coefficient (Wildman–Crippen LogP) is 3.39. The Morgan fingerprint density at radius 3 is 2.50 bits per heavy atom. The molecular weight excluding hydrogens is 360 g/mol. The third-order valence-corrected chi connectivity index (χ3v) is 4.29. The number of hydrogen-bond donors (Lipinski definition) is 2. The van der Waals surface area contributed by atoms with E-state index in [1.807, 2.05) is 32.0 Å². The Kier molecular flexibility index (Phi) is 6.97. The van der Waals surface area contributed by atoms with Crippen LogP contribution in [0.4, 0.5) is 11.4 Å².